The topological polar surface area (TPSA) is 90.1 Å². The molecule has 178 valence electrons. The first-order valence-corrected chi connectivity index (χ1v) is 12.8. The molecule has 0 saturated heterocycles. The molecule has 3 aromatic carbocycles. The lowest BCUT2D eigenvalue weighted by Gasteiger charge is -2.14. The van der Waals surface area contributed by atoms with Crippen LogP contribution in [0.4, 0.5) is 4.79 Å². The number of hydrogen-bond acceptors (Lipinski definition) is 6. The van der Waals surface area contributed by atoms with Crippen molar-refractivity contribution in [2.24, 2.45) is 5.73 Å². The molecule has 1 atom stereocenters. The lowest BCUT2D eigenvalue weighted by molar-refractivity contribution is 0.143. The SMILES string of the molecule is NC(CCCCNC(=O)OCC1c2ccccc2-c2ccccc21)c1nnc(-c2ccccc2)s1. The minimum Gasteiger partial charge on any atom is -0.449 e. The predicted octanol–water partition coefficient (Wildman–Crippen LogP) is 5.91. The Hall–Kier alpha value is -3.55. The van der Waals surface area contributed by atoms with E-state index in [0.717, 1.165) is 34.8 Å². The van der Waals surface area contributed by atoms with Crippen LogP contribution in [-0.2, 0) is 4.74 Å². The molecular formula is C28H28N4O2S. The first-order chi connectivity index (χ1) is 17.2. The van der Waals surface area contributed by atoms with Gasteiger partial charge in [-0.05, 0) is 41.5 Å². The number of nitrogens with zero attached hydrogens (tertiary/aromatic N) is 2. The van der Waals surface area contributed by atoms with E-state index in [1.165, 1.54) is 33.6 Å². The van der Waals surface area contributed by atoms with Crippen molar-refractivity contribution in [3.63, 3.8) is 0 Å². The number of aromatic nitrogens is 2. The summed E-state index contributed by atoms with van der Waals surface area (Å²) in [7, 11) is 0. The molecule has 35 heavy (non-hydrogen) atoms. The van der Waals surface area contributed by atoms with Crippen LogP contribution in [-0.4, -0.2) is 29.4 Å². The van der Waals surface area contributed by atoms with Crippen LogP contribution in [0.2, 0.25) is 0 Å². The van der Waals surface area contributed by atoms with Crippen molar-refractivity contribution in [3.05, 3.63) is 95.0 Å². The average molecular weight is 485 g/mol. The Morgan fingerprint density at radius 2 is 1.57 bits per heavy atom. The van der Waals surface area contributed by atoms with Crippen molar-refractivity contribution in [2.75, 3.05) is 13.2 Å². The van der Waals surface area contributed by atoms with Crippen LogP contribution < -0.4 is 11.1 Å². The zero-order chi connectivity index (χ0) is 24.0. The van der Waals surface area contributed by atoms with Crippen LogP contribution in [0.1, 0.15) is 47.4 Å². The summed E-state index contributed by atoms with van der Waals surface area (Å²) in [5.74, 6) is 0.0684. The third-order valence-electron chi connectivity index (χ3n) is 6.33. The summed E-state index contributed by atoms with van der Waals surface area (Å²) in [6, 6.07) is 26.5. The van der Waals surface area contributed by atoms with Crippen molar-refractivity contribution in [3.8, 4) is 21.7 Å². The van der Waals surface area contributed by atoms with Gasteiger partial charge in [0.15, 0.2) is 0 Å². The van der Waals surface area contributed by atoms with Crippen LogP contribution in [0.5, 0.6) is 0 Å². The number of alkyl carbamates (subject to hydrolysis) is 1. The molecule has 7 heteroatoms. The summed E-state index contributed by atoms with van der Waals surface area (Å²) in [5, 5.41) is 13.1. The van der Waals surface area contributed by atoms with Crippen LogP contribution >= 0.6 is 11.3 Å². The van der Waals surface area contributed by atoms with Crippen LogP contribution in [0.15, 0.2) is 78.9 Å². The lowest BCUT2D eigenvalue weighted by atomic mass is 9.98. The smallest absolute Gasteiger partial charge is 0.407 e. The third-order valence-corrected chi connectivity index (χ3v) is 7.44. The van der Waals surface area contributed by atoms with E-state index in [4.69, 9.17) is 10.5 Å². The highest BCUT2D eigenvalue weighted by molar-refractivity contribution is 7.14. The van der Waals surface area contributed by atoms with Crippen LogP contribution in [0.3, 0.4) is 0 Å². The fourth-order valence-electron chi connectivity index (χ4n) is 4.53. The van der Waals surface area contributed by atoms with Gasteiger partial charge in [0.05, 0.1) is 6.04 Å². The maximum Gasteiger partial charge on any atom is 0.407 e. The second-order valence-electron chi connectivity index (χ2n) is 8.67. The van der Waals surface area contributed by atoms with Crippen molar-refractivity contribution in [2.45, 2.75) is 31.2 Å². The normalized spacial score (nSPS) is 13.2. The van der Waals surface area contributed by atoms with Gasteiger partial charge in [-0.1, -0.05) is 90.2 Å². The predicted molar refractivity (Wildman–Crippen MR) is 139 cm³/mol. The zero-order valence-electron chi connectivity index (χ0n) is 19.4. The van der Waals surface area contributed by atoms with Crippen molar-refractivity contribution in [1.82, 2.24) is 15.5 Å². The van der Waals surface area contributed by atoms with Crippen molar-refractivity contribution >= 4 is 17.4 Å². The fraction of sp³-hybridized carbons (Fsp3) is 0.250. The maximum atomic E-state index is 12.3. The molecule has 0 spiro atoms. The highest BCUT2D eigenvalue weighted by Gasteiger charge is 2.28. The molecule has 0 aliphatic heterocycles. The first kappa shape index (κ1) is 23.2. The number of benzene rings is 3. The summed E-state index contributed by atoms with van der Waals surface area (Å²) in [6.07, 6.45) is 2.11. The number of nitrogens with two attached hydrogens (primary N) is 1. The van der Waals surface area contributed by atoms with Crippen molar-refractivity contribution < 1.29 is 9.53 Å². The maximum absolute atomic E-state index is 12.3. The number of nitrogens with one attached hydrogen (secondary N) is 1. The molecule has 0 fully saturated rings. The number of fused-ring (bicyclic) bond motifs is 3. The Bertz CT molecular complexity index is 1250. The molecule has 6 nitrogen and oxygen atoms in total. The van der Waals surface area contributed by atoms with Gasteiger partial charge < -0.3 is 15.8 Å². The van der Waals surface area contributed by atoms with E-state index in [2.05, 4.69) is 39.8 Å². The molecule has 4 aromatic rings. The molecule has 0 bridgehead atoms. The standard InChI is InChI=1S/C28H28N4O2S/c29-25(27-32-31-26(35-27)19-10-2-1-3-11-19)16-8-9-17-30-28(33)34-18-24-22-14-6-4-12-20(22)21-13-5-7-15-23(21)24/h1-7,10-15,24-25H,8-9,16-18,29H2,(H,30,33). The molecule has 1 aliphatic rings. The molecule has 1 unspecified atom stereocenters. The molecule has 5 rings (SSSR count). The van der Waals surface area contributed by atoms with Crippen LogP contribution in [0, 0.1) is 0 Å². The number of amides is 1. The number of hydrogen-bond donors (Lipinski definition) is 2. The Morgan fingerprint density at radius 1 is 0.914 bits per heavy atom. The minimum atomic E-state index is -0.382. The quantitative estimate of drug-likeness (QED) is 0.288. The monoisotopic (exact) mass is 484 g/mol. The number of rotatable bonds is 9. The fourth-order valence-corrected chi connectivity index (χ4v) is 5.42. The number of unbranched alkanes of at least 4 members (excludes halogenated alkanes) is 1. The molecule has 1 aliphatic carbocycles. The first-order valence-electron chi connectivity index (χ1n) is 11.9. The highest BCUT2D eigenvalue weighted by Crippen LogP contribution is 2.44. The molecule has 1 amide bonds. The number of carbonyl (C=O) groups is 1. The molecule has 1 aromatic heterocycles. The van der Waals surface area contributed by atoms with Crippen molar-refractivity contribution in [1.29, 1.82) is 0 Å². The third kappa shape index (κ3) is 5.26. The van der Waals surface area contributed by atoms with E-state index in [1.54, 1.807) is 0 Å². The van der Waals surface area contributed by atoms with Gasteiger partial charge in [0.25, 0.3) is 0 Å². The summed E-state index contributed by atoms with van der Waals surface area (Å²) in [5.41, 5.74) is 12.2. The van der Waals surface area contributed by atoms with E-state index < -0.39 is 0 Å². The summed E-state index contributed by atoms with van der Waals surface area (Å²) in [6.45, 7) is 0.875. The van der Waals surface area contributed by atoms with E-state index in [-0.39, 0.29) is 18.1 Å². The van der Waals surface area contributed by atoms with E-state index in [9.17, 15) is 4.79 Å². The Kier molecular flexibility index (Phi) is 7.16. The molecule has 3 N–H and O–H groups in total. The van der Waals surface area contributed by atoms with E-state index in [1.807, 2.05) is 54.6 Å². The Labute approximate surface area is 209 Å². The Morgan fingerprint density at radius 3 is 2.29 bits per heavy atom. The van der Waals surface area contributed by atoms with Gasteiger partial charge in [0, 0.05) is 18.0 Å². The molecule has 0 radical (unpaired) electrons. The second-order valence-corrected chi connectivity index (χ2v) is 9.68. The molecule has 1 heterocycles. The molecular weight excluding hydrogens is 456 g/mol. The number of ether oxygens (including phenoxy) is 1. The van der Waals surface area contributed by atoms with E-state index >= 15 is 0 Å². The van der Waals surface area contributed by atoms with Gasteiger partial charge in [-0.25, -0.2) is 4.79 Å². The minimum absolute atomic E-state index is 0.0684. The Balaban J connectivity index is 1.04. The largest absolute Gasteiger partial charge is 0.449 e. The zero-order valence-corrected chi connectivity index (χ0v) is 20.2. The van der Waals surface area contributed by atoms with Gasteiger partial charge in [0.1, 0.15) is 16.6 Å². The van der Waals surface area contributed by atoms with Gasteiger partial charge in [0.2, 0.25) is 0 Å². The van der Waals surface area contributed by atoms with Gasteiger partial charge in [-0.2, -0.15) is 0 Å². The lowest BCUT2D eigenvalue weighted by Crippen LogP contribution is -2.27. The van der Waals surface area contributed by atoms with Gasteiger partial charge in [-0.3, -0.25) is 0 Å². The summed E-state index contributed by atoms with van der Waals surface area (Å²) >= 11 is 1.53. The second kappa shape index (κ2) is 10.8. The van der Waals surface area contributed by atoms with Crippen LogP contribution in [0.25, 0.3) is 21.7 Å². The summed E-state index contributed by atoms with van der Waals surface area (Å²) in [4.78, 5) is 12.3. The molecule has 0 saturated carbocycles. The van der Waals surface area contributed by atoms with E-state index in [0.29, 0.717) is 13.2 Å². The number of carbonyl (C=O) groups excluding carboxylic acids is 1. The van der Waals surface area contributed by atoms with Gasteiger partial charge in [-0.15, -0.1) is 10.2 Å². The summed E-state index contributed by atoms with van der Waals surface area (Å²) < 4.78 is 5.59. The highest BCUT2D eigenvalue weighted by atomic mass is 32.1. The average Bonchev–Trinajstić information content (AvgIpc) is 3.52. The van der Waals surface area contributed by atoms with Gasteiger partial charge >= 0.3 is 6.09 Å².